The van der Waals surface area contributed by atoms with Gasteiger partial charge in [0.25, 0.3) is 0 Å². The van der Waals surface area contributed by atoms with Crippen LogP contribution in [0, 0.1) is 11.8 Å². The van der Waals surface area contributed by atoms with Crippen LogP contribution in [0.15, 0.2) is 0 Å². The maximum absolute atomic E-state index is 12.5. The lowest BCUT2D eigenvalue weighted by Crippen LogP contribution is -2.36. The molecule has 0 aliphatic carbocycles. The number of hydrogen-bond acceptors (Lipinski definition) is 5. The van der Waals surface area contributed by atoms with E-state index >= 15 is 0 Å². The first-order valence-electron chi connectivity index (χ1n) is 10.6. The predicted octanol–water partition coefficient (Wildman–Crippen LogP) is 3.14. The molecule has 0 aromatic carbocycles. The van der Waals surface area contributed by atoms with Crippen molar-refractivity contribution in [2.75, 3.05) is 31.8 Å². The molecular weight excluding hydrogens is 366 g/mol. The van der Waals surface area contributed by atoms with Crippen LogP contribution in [0.3, 0.4) is 0 Å². The highest BCUT2D eigenvalue weighted by Gasteiger charge is 2.50. The Hall–Kier alpha value is -0.340. The fourth-order valence-electron chi connectivity index (χ4n) is 4.18. The maximum Gasteiger partial charge on any atom is 0.245 e. The van der Waals surface area contributed by atoms with Gasteiger partial charge in [0.2, 0.25) is 5.91 Å². The Morgan fingerprint density at radius 2 is 1.93 bits per heavy atom. The van der Waals surface area contributed by atoms with Crippen molar-refractivity contribution in [3.8, 4) is 0 Å². The van der Waals surface area contributed by atoms with E-state index in [0.717, 1.165) is 37.2 Å². The monoisotopic (exact) mass is 403 g/mol. The Bertz CT molecular complexity index is 437. The van der Waals surface area contributed by atoms with Crippen LogP contribution in [0.2, 0.25) is 0 Å². The molecule has 2 rings (SSSR count). The van der Waals surface area contributed by atoms with Crippen molar-refractivity contribution >= 4 is 17.1 Å². The van der Waals surface area contributed by atoms with Gasteiger partial charge >= 0.3 is 0 Å². The standard InChI is InChI=1S/C20H37NO5S/c1-3-4-5-8-13-27(24)15-17-16(18-10-11-19(17)26-18)14-25-12-7-6-9-20(22)21(2)23/h16-19,23H,3-15H2,1-2H3. The molecule has 27 heavy (non-hydrogen) atoms. The van der Waals surface area contributed by atoms with E-state index in [4.69, 9.17) is 14.7 Å². The van der Waals surface area contributed by atoms with Crippen LogP contribution < -0.4 is 0 Å². The Balaban J connectivity index is 1.64. The van der Waals surface area contributed by atoms with Crippen molar-refractivity contribution in [1.82, 2.24) is 5.06 Å². The van der Waals surface area contributed by atoms with Crippen molar-refractivity contribution in [2.24, 2.45) is 11.8 Å². The fraction of sp³-hybridized carbons (Fsp3) is 0.950. The Morgan fingerprint density at radius 3 is 2.63 bits per heavy atom. The van der Waals surface area contributed by atoms with E-state index in [2.05, 4.69) is 6.92 Å². The van der Waals surface area contributed by atoms with E-state index in [1.807, 2.05) is 0 Å². The zero-order valence-corrected chi connectivity index (χ0v) is 17.8. The number of nitrogens with zero attached hydrogens (tertiary/aromatic N) is 1. The number of hydroxylamine groups is 2. The minimum Gasteiger partial charge on any atom is -0.616 e. The number of fused-ring (bicyclic) bond motifs is 2. The second-order valence-corrected chi connectivity index (χ2v) is 9.56. The Morgan fingerprint density at radius 1 is 1.19 bits per heavy atom. The normalized spacial score (nSPS) is 27.9. The first kappa shape index (κ1) is 22.9. The van der Waals surface area contributed by atoms with E-state index in [9.17, 15) is 9.35 Å². The van der Waals surface area contributed by atoms with Crippen LogP contribution in [0.25, 0.3) is 0 Å². The van der Waals surface area contributed by atoms with Gasteiger partial charge in [-0.05, 0) is 38.5 Å². The molecule has 0 radical (unpaired) electrons. The van der Waals surface area contributed by atoms with Gasteiger partial charge in [-0.1, -0.05) is 30.9 Å². The molecular formula is C20H37NO5S. The Labute approximate surface area is 167 Å². The third-order valence-electron chi connectivity index (χ3n) is 5.79. The predicted molar refractivity (Wildman–Crippen MR) is 106 cm³/mol. The summed E-state index contributed by atoms with van der Waals surface area (Å²) in [5.74, 6) is 2.01. The molecule has 0 spiro atoms. The molecule has 2 bridgehead atoms. The van der Waals surface area contributed by atoms with Crippen molar-refractivity contribution in [3.05, 3.63) is 0 Å². The van der Waals surface area contributed by atoms with Crippen LogP contribution in [0.5, 0.6) is 0 Å². The third-order valence-corrected chi connectivity index (χ3v) is 7.30. The molecule has 0 aromatic heterocycles. The molecule has 2 fully saturated rings. The highest BCUT2D eigenvalue weighted by Crippen LogP contribution is 2.44. The van der Waals surface area contributed by atoms with E-state index in [1.165, 1.54) is 26.3 Å². The molecule has 0 aromatic rings. The van der Waals surface area contributed by atoms with Crippen LogP contribution in [-0.2, 0) is 25.4 Å². The van der Waals surface area contributed by atoms with Crippen molar-refractivity contribution in [1.29, 1.82) is 0 Å². The molecule has 158 valence electrons. The summed E-state index contributed by atoms with van der Waals surface area (Å²) in [5.41, 5.74) is 0. The maximum atomic E-state index is 12.5. The molecule has 0 saturated carbocycles. The molecule has 1 amide bonds. The molecule has 2 saturated heterocycles. The summed E-state index contributed by atoms with van der Waals surface area (Å²) in [5, 5.41) is 9.66. The van der Waals surface area contributed by atoms with Gasteiger partial charge in [0.1, 0.15) is 11.5 Å². The van der Waals surface area contributed by atoms with Crippen LogP contribution >= 0.6 is 0 Å². The largest absolute Gasteiger partial charge is 0.616 e. The smallest absolute Gasteiger partial charge is 0.245 e. The highest BCUT2D eigenvalue weighted by atomic mass is 32.2. The minimum atomic E-state index is -0.757. The van der Waals surface area contributed by atoms with Crippen molar-refractivity contribution in [3.63, 3.8) is 0 Å². The number of ether oxygens (including phenoxy) is 2. The molecule has 2 aliphatic rings. The topological polar surface area (TPSA) is 82.1 Å². The lowest BCUT2D eigenvalue weighted by atomic mass is 9.81. The van der Waals surface area contributed by atoms with Crippen molar-refractivity contribution < 1.29 is 24.0 Å². The number of amides is 1. The van der Waals surface area contributed by atoms with Gasteiger partial charge in [-0.3, -0.25) is 10.0 Å². The summed E-state index contributed by atoms with van der Waals surface area (Å²) < 4.78 is 24.4. The summed E-state index contributed by atoms with van der Waals surface area (Å²) in [4.78, 5) is 11.3. The molecule has 5 atom stereocenters. The third kappa shape index (κ3) is 7.54. The summed E-state index contributed by atoms with van der Waals surface area (Å²) in [6.45, 7) is 3.47. The van der Waals surface area contributed by atoms with E-state index in [1.54, 1.807) is 0 Å². The van der Waals surface area contributed by atoms with Crippen molar-refractivity contribution in [2.45, 2.75) is 76.9 Å². The molecule has 6 nitrogen and oxygen atoms in total. The van der Waals surface area contributed by atoms with E-state index in [-0.39, 0.29) is 18.1 Å². The SMILES string of the molecule is CCCCCC[S+]([O-])CC1C2CCC(O2)C1COCCCCC(=O)N(C)O. The molecule has 2 aliphatic heterocycles. The van der Waals surface area contributed by atoms with Crippen LogP contribution in [-0.4, -0.2) is 64.7 Å². The first-order valence-corrected chi connectivity index (χ1v) is 12.0. The second-order valence-electron chi connectivity index (χ2n) is 7.94. The minimum absolute atomic E-state index is 0.265. The fourth-order valence-corrected chi connectivity index (χ4v) is 5.77. The summed E-state index contributed by atoms with van der Waals surface area (Å²) >= 11 is -0.757. The van der Waals surface area contributed by atoms with E-state index < -0.39 is 11.2 Å². The van der Waals surface area contributed by atoms with E-state index in [0.29, 0.717) is 43.0 Å². The second kappa shape index (κ2) is 12.3. The molecule has 1 N–H and O–H groups in total. The molecule has 7 heteroatoms. The van der Waals surface area contributed by atoms with Gasteiger partial charge in [-0.15, -0.1) is 0 Å². The average molecular weight is 404 g/mol. The zero-order chi connectivity index (χ0) is 19.6. The quantitative estimate of drug-likeness (QED) is 0.208. The summed E-state index contributed by atoms with van der Waals surface area (Å²) in [6.07, 6.45) is 9.24. The summed E-state index contributed by atoms with van der Waals surface area (Å²) in [7, 11) is 1.35. The average Bonchev–Trinajstić information content (AvgIpc) is 3.23. The Kier molecular flexibility index (Phi) is 10.4. The number of carbonyl (C=O) groups is 1. The van der Waals surface area contributed by atoms with Gasteiger partial charge in [-0.25, -0.2) is 5.06 Å². The van der Waals surface area contributed by atoms with Gasteiger partial charge in [0.05, 0.1) is 18.8 Å². The molecule has 2 heterocycles. The van der Waals surface area contributed by atoms with Gasteiger partial charge < -0.3 is 14.0 Å². The lowest BCUT2D eigenvalue weighted by molar-refractivity contribution is -0.159. The summed E-state index contributed by atoms with van der Waals surface area (Å²) in [6, 6.07) is 0. The van der Waals surface area contributed by atoms with Gasteiger partial charge in [0.15, 0.2) is 0 Å². The first-order chi connectivity index (χ1) is 13.0. The van der Waals surface area contributed by atoms with Crippen LogP contribution in [0.1, 0.15) is 64.7 Å². The molecule has 5 unspecified atom stereocenters. The van der Waals surface area contributed by atoms with Crippen LogP contribution in [0.4, 0.5) is 0 Å². The number of hydrogen-bond donors (Lipinski definition) is 1. The highest BCUT2D eigenvalue weighted by molar-refractivity contribution is 7.91. The number of carbonyl (C=O) groups excluding carboxylic acids is 1. The van der Waals surface area contributed by atoms with Gasteiger partial charge in [-0.2, -0.15) is 0 Å². The van der Waals surface area contributed by atoms with Gasteiger partial charge in [0, 0.05) is 31.9 Å². The lowest BCUT2D eigenvalue weighted by Gasteiger charge is -2.28. The number of rotatable bonds is 14. The number of unbranched alkanes of at least 4 members (excludes halogenated alkanes) is 4. The zero-order valence-electron chi connectivity index (χ0n) is 16.9.